The molecule has 0 spiro atoms. The highest BCUT2D eigenvalue weighted by molar-refractivity contribution is 7.89. The van der Waals surface area contributed by atoms with Crippen molar-refractivity contribution in [3.8, 4) is 11.8 Å². The monoisotopic (exact) mass is 386 g/mol. The van der Waals surface area contributed by atoms with E-state index in [4.69, 9.17) is 10.00 Å². The molecule has 3 rings (SSSR count). The number of benzene rings is 1. The second-order valence-corrected chi connectivity index (χ2v) is 7.83. The predicted octanol–water partition coefficient (Wildman–Crippen LogP) is 1.68. The van der Waals surface area contributed by atoms with Gasteiger partial charge in [0.1, 0.15) is 11.5 Å². The number of nitrogens with zero attached hydrogens (tertiary/aromatic N) is 2. The minimum Gasteiger partial charge on any atom is -0.488 e. The van der Waals surface area contributed by atoms with Crippen LogP contribution < -0.4 is 14.8 Å². The lowest BCUT2D eigenvalue weighted by atomic mass is 10.1. The molecule has 140 valence electrons. The molecule has 2 aromatic rings. The van der Waals surface area contributed by atoms with Gasteiger partial charge in [0.2, 0.25) is 10.0 Å². The van der Waals surface area contributed by atoms with E-state index in [0.29, 0.717) is 11.3 Å². The Morgan fingerprint density at radius 1 is 1.52 bits per heavy atom. The topological polar surface area (TPSA) is 113 Å². The summed E-state index contributed by atoms with van der Waals surface area (Å²) >= 11 is 0. The van der Waals surface area contributed by atoms with Crippen LogP contribution in [0.2, 0.25) is 0 Å². The van der Waals surface area contributed by atoms with Crippen molar-refractivity contribution < 1.29 is 17.9 Å². The van der Waals surface area contributed by atoms with E-state index in [2.05, 4.69) is 22.7 Å². The van der Waals surface area contributed by atoms with Crippen molar-refractivity contribution in [1.82, 2.24) is 9.29 Å². The molecule has 2 N–H and O–H groups in total. The van der Waals surface area contributed by atoms with Gasteiger partial charge in [0.05, 0.1) is 17.7 Å². The fraction of sp³-hybridized carbons (Fsp3) is 0.222. The molecule has 0 fully saturated rings. The van der Waals surface area contributed by atoms with Crippen LogP contribution in [-0.2, 0) is 17.1 Å². The van der Waals surface area contributed by atoms with Gasteiger partial charge in [-0.25, -0.2) is 13.1 Å². The number of hydrogen-bond acceptors (Lipinski definition) is 5. The number of nitriles is 1. The average Bonchev–Trinajstić information content (AvgIpc) is 2.91. The molecule has 2 heterocycles. The lowest BCUT2D eigenvalue weighted by Crippen LogP contribution is -2.35. The first-order chi connectivity index (χ1) is 12.8. The van der Waals surface area contributed by atoms with Crippen LogP contribution in [0.4, 0.5) is 5.69 Å². The second kappa shape index (κ2) is 6.90. The SMILES string of the molecule is C=C[C@H]1COc2c(cn(C)c2C(=O)Nc2ccc(C)c(C#N)c2)S(=O)(=O)N1. The zero-order valence-corrected chi connectivity index (χ0v) is 15.6. The van der Waals surface area contributed by atoms with Gasteiger partial charge in [0.15, 0.2) is 11.4 Å². The number of fused-ring (bicyclic) bond motifs is 1. The van der Waals surface area contributed by atoms with E-state index < -0.39 is 22.0 Å². The molecule has 0 saturated carbocycles. The molecule has 0 radical (unpaired) electrons. The minimum atomic E-state index is -3.85. The van der Waals surface area contributed by atoms with Crippen LogP contribution in [0.15, 0.2) is 41.9 Å². The Morgan fingerprint density at radius 2 is 2.26 bits per heavy atom. The Labute approximate surface area is 157 Å². The Kier molecular flexibility index (Phi) is 4.78. The molecule has 1 aromatic heterocycles. The third-order valence-electron chi connectivity index (χ3n) is 4.22. The third kappa shape index (κ3) is 3.45. The number of amides is 1. The summed E-state index contributed by atoms with van der Waals surface area (Å²) < 4.78 is 34.5. The van der Waals surface area contributed by atoms with Crippen LogP contribution in [0.25, 0.3) is 0 Å². The van der Waals surface area contributed by atoms with Crippen molar-refractivity contribution in [1.29, 1.82) is 5.26 Å². The molecule has 1 aliphatic heterocycles. The summed E-state index contributed by atoms with van der Waals surface area (Å²) in [6.45, 7) is 5.39. The van der Waals surface area contributed by atoms with E-state index in [1.54, 1.807) is 32.2 Å². The van der Waals surface area contributed by atoms with Crippen molar-refractivity contribution in [2.24, 2.45) is 7.05 Å². The lowest BCUT2D eigenvalue weighted by Gasteiger charge is -2.12. The van der Waals surface area contributed by atoms with Crippen molar-refractivity contribution in [2.45, 2.75) is 17.9 Å². The van der Waals surface area contributed by atoms with Gasteiger partial charge in [-0.15, -0.1) is 6.58 Å². The van der Waals surface area contributed by atoms with Gasteiger partial charge < -0.3 is 14.6 Å². The Morgan fingerprint density at radius 3 is 2.93 bits per heavy atom. The number of hydrogen-bond donors (Lipinski definition) is 2. The van der Waals surface area contributed by atoms with E-state index in [9.17, 15) is 13.2 Å². The Hall–Kier alpha value is -3.09. The van der Waals surface area contributed by atoms with E-state index >= 15 is 0 Å². The molecule has 1 atom stereocenters. The summed E-state index contributed by atoms with van der Waals surface area (Å²) in [7, 11) is -2.30. The summed E-state index contributed by atoms with van der Waals surface area (Å²) in [6.07, 6.45) is 2.76. The summed E-state index contributed by atoms with van der Waals surface area (Å²) in [5.74, 6) is -0.557. The number of aryl methyl sites for hydroxylation is 2. The second-order valence-electron chi connectivity index (χ2n) is 6.15. The number of nitrogens with one attached hydrogen (secondary N) is 2. The minimum absolute atomic E-state index is 0.0144. The number of rotatable bonds is 3. The Balaban J connectivity index is 1.99. The van der Waals surface area contributed by atoms with Gasteiger partial charge in [0.25, 0.3) is 5.91 Å². The normalized spacial score (nSPS) is 17.7. The first-order valence-corrected chi connectivity index (χ1v) is 9.54. The van der Waals surface area contributed by atoms with Gasteiger partial charge in [0, 0.05) is 18.9 Å². The van der Waals surface area contributed by atoms with Crippen molar-refractivity contribution in [3.05, 3.63) is 53.9 Å². The Bertz CT molecular complexity index is 1080. The van der Waals surface area contributed by atoms with Gasteiger partial charge in [-0.2, -0.15) is 5.26 Å². The van der Waals surface area contributed by atoms with E-state index in [0.717, 1.165) is 5.56 Å². The molecule has 1 aliphatic rings. The van der Waals surface area contributed by atoms with Crippen LogP contribution in [0.3, 0.4) is 0 Å². The molecule has 1 amide bonds. The first kappa shape index (κ1) is 18.7. The molecule has 0 bridgehead atoms. The average molecular weight is 386 g/mol. The largest absolute Gasteiger partial charge is 0.488 e. The van der Waals surface area contributed by atoms with Crippen LogP contribution in [-0.4, -0.2) is 31.5 Å². The van der Waals surface area contributed by atoms with Crippen LogP contribution in [0.1, 0.15) is 21.6 Å². The zero-order valence-electron chi connectivity index (χ0n) is 14.8. The molecule has 9 heteroatoms. The van der Waals surface area contributed by atoms with Crippen LogP contribution in [0, 0.1) is 18.3 Å². The van der Waals surface area contributed by atoms with Gasteiger partial charge in [-0.1, -0.05) is 12.1 Å². The number of carbonyl (C=O) groups is 1. The van der Waals surface area contributed by atoms with Crippen molar-refractivity contribution >= 4 is 21.6 Å². The smallest absolute Gasteiger partial charge is 0.276 e. The van der Waals surface area contributed by atoms with E-state index in [-0.39, 0.29) is 22.9 Å². The molecule has 0 unspecified atom stereocenters. The zero-order chi connectivity index (χ0) is 19.8. The van der Waals surface area contributed by atoms with Gasteiger partial charge >= 0.3 is 0 Å². The van der Waals surface area contributed by atoms with Crippen LogP contribution in [0.5, 0.6) is 5.75 Å². The highest BCUT2D eigenvalue weighted by Gasteiger charge is 2.33. The van der Waals surface area contributed by atoms with Gasteiger partial charge in [-0.05, 0) is 24.6 Å². The van der Waals surface area contributed by atoms with Crippen molar-refractivity contribution in [3.63, 3.8) is 0 Å². The maximum Gasteiger partial charge on any atom is 0.276 e. The first-order valence-electron chi connectivity index (χ1n) is 8.06. The van der Waals surface area contributed by atoms with Crippen LogP contribution >= 0.6 is 0 Å². The fourth-order valence-corrected chi connectivity index (χ4v) is 4.15. The summed E-state index contributed by atoms with van der Waals surface area (Å²) in [4.78, 5) is 12.7. The maximum atomic E-state index is 12.8. The number of anilines is 1. The molecule has 8 nitrogen and oxygen atoms in total. The summed E-state index contributed by atoms with van der Waals surface area (Å²) in [6, 6.07) is 6.41. The lowest BCUT2D eigenvalue weighted by molar-refractivity contribution is 0.101. The molecule has 0 aliphatic carbocycles. The fourth-order valence-electron chi connectivity index (χ4n) is 2.77. The number of aromatic nitrogens is 1. The predicted molar refractivity (Wildman–Crippen MR) is 99.1 cm³/mol. The molecular formula is C18H18N4O4S. The third-order valence-corrected chi connectivity index (χ3v) is 5.70. The standard InChI is InChI=1S/C18H18N4O4S/c1-4-13-10-26-17-15(27(24,25)21-13)9-22(3)16(17)18(23)20-14-6-5-11(2)12(7-14)8-19/h4-7,9,13,21H,1,10H2,2-3H3,(H,20,23)/t13-/m0/s1. The van der Waals surface area contributed by atoms with Gasteiger partial charge in [-0.3, -0.25) is 4.79 Å². The maximum absolute atomic E-state index is 12.8. The van der Waals surface area contributed by atoms with E-state index in [1.807, 2.05) is 0 Å². The van der Waals surface area contributed by atoms with Crippen molar-refractivity contribution in [2.75, 3.05) is 11.9 Å². The number of ether oxygens (including phenoxy) is 1. The highest BCUT2D eigenvalue weighted by atomic mass is 32.2. The summed E-state index contributed by atoms with van der Waals surface area (Å²) in [5, 5.41) is 11.8. The molecular weight excluding hydrogens is 368 g/mol. The highest BCUT2D eigenvalue weighted by Crippen LogP contribution is 2.33. The molecule has 1 aromatic carbocycles. The van der Waals surface area contributed by atoms with E-state index in [1.165, 1.54) is 16.8 Å². The number of sulfonamides is 1. The molecule has 27 heavy (non-hydrogen) atoms. The molecule has 0 saturated heterocycles. The number of carbonyl (C=O) groups excluding carboxylic acids is 1. The summed E-state index contributed by atoms with van der Waals surface area (Å²) in [5.41, 5.74) is 1.73. The quantitative estimate of drug-likeness (QED) is 0.779.